The maximum atomic E-state index is 13.2. The van der Waals surface area contributed by atoms with Gasteiger partial charge in [-0.1, -0.05) is 61.6 Å². The van der Waals surface area contributed by atoms with Crippen molar-refractivity contribution in [3.8, 4) is 0 Å². The van der Waals surface area contributed by atoms with Gasteiger partial charge in [0, 0.05) is 17.1 Å². The number of hydrogen-bond acceptors (Lipinski definition) is 3. The minimum Gasteiger partial charge on any atom is -0.456 e. The van der Waals surface area contributed by atoms with Crippen LogP contribution >= 0.6 is 0 Å². The first kappa shape index (κ1) is 18.2. The van der Waals surface area contributed by atoms with Crippen LogP contribution in [-0.2, 0) is 0 Å². The first-order chi connectivity index (χ1) is 15.1. The van der Waals surface area contributed by atoms with E-state index < -0.39 is 8.07 Å². The fraction of sp³-hybridized carbons (Fsp3) is 0.0741. The van der Waals surface area contributed by atoms with Crippen LogP contribution in [0.4, 0.5) is 17.1 Å². The molecule has 1 aliphatic heterocycles. The SMILES string of the molecule is C[Si]1(C)c2ccccc2N(c2ccc3oc4ccccc4c(=O)c3c2)c2ccccc21. The zero-order valence-electron chi connectivity index (χ0n) is 17.4. The second-order valence-electron chi connectivity index (χ2n) is 8.60. The van der Waals surface area contributed by atoms with Crippen LogP contribution in [0.2, 0.25) is 13.1 Å². The predicted molar refractivity (Wildman–Crippen MR) is 131 cm³/mol. The van der Waals surface area contributed by atoms with Crippen molar-refractivity contribution < 1.29 is 4.42 Å². The Kier molecular flexibility index (Phi) is 3.77. The summed E-state index contributed by atoms with van der Waals surface area (Å²) < 4.78 is 6.03. The number of rotatable bonds is 1. The molecule has 4 heteroatoms. The van der Waals surface area contributed by atoms with E-state index >= 15 is 0 Å². The van der Waals surface area contributed by atoms with Crippen LogP contribution in [0.15, 0.2) is 100 Å². The number of fused-ring (bicyclic) bond motifs is 4. The molecule has 0 spiro atoms. The molecule has 0 atom stereocenters. The lowest BCUT2D eigenvalue weighted by Crippen LogP contribution is -2.58. The molecular weight excluding hydrogens is 398 g/mol. The van der Waals surface area contributed by atoms with Crippen LogP contribution < -0.4 is 20.7 Å². The summed E-state index contributed by atoms with van der Waals surface area (Å²) in [6.07, 6.45) is 0. The van der Waals surface area contributed by atoms with Gasteiger partial charge in [-0.2, -0.15) is 0 Å². The summed E-state index contributed by atoms with van der Waals surface area (Å²) in [6, 6.07) is 30.7. The van der Waals surface area contributed by atoms with Gasteiger partial charge in [0.1, 0.15) is 19.2 Å². The van der Waals surface area contributed by atoms with E-state index in [1.54, 1.807) is 0 Å². The van der Waals surface area contributed by atoms with E-state index in [0.29, 0.717) is 21.9 Å². The fourth-order valence-corrected chi connectivity index (χ4v) is 7.86. The highest BCUT2D eigenvalue weighted by Gasteiger charge is 2.38. The smallest absolute Gasteiger partial charge is 0.200 e. The molecular formula is C27H21NO2Si. The number of nitrogens with zero attached hydrogens (tertiary/aromatic N) is 1. The zero-order valence-corrected chi connectivity index (χ0v) is 18.4. The third-order valence-electron chi connectivity index (χ3n) is 6.45. The molecule has 4 aromatic carbocycles. The first-order valence-corrected chi connectivity index (χ1v) is 13.5. The van der Waals surface area contributed by atoms with Crippen LogP contribution in [0, 0.1) is 0 Å². The molecule has 150 valence electrons. The number of hydrogen-bond donors (Lipinski definition) is 0. The van der Waals surface area contributed by atoms with Crippen molar-refractivity contribution in [3.05, 3.63) is 101 Å². The molecule has 2 heterocycles. The highest BCUT2D eigenvalue weighted by molar-refractivity contribution is 7.02. The lowest BCUT2D eigenvalue weighted by Gasteiger charge is -2.41. The molecule has 6 rings (SSSR count). The fourth-order valence-electron chi connectivity index (χ4n) is 4.88. The molecule has 0 fully saturated rings. The van der Waals surface area contributed by atoms with E-state index in [2.05, 4.69) is 66.5 Å². The second-order valence-corrected chi connectivity index (χ2v) is 12.9. The van der Waals surface area contributed by atoms with Gasteiger partial charge in [-0.3, -0.25) is 4.79 Å². The Bertz CT molecular complexity index is 1500. The standard InChI is InChI=1S/C27H21NO2Si/c1-31(2)25-13-7-4-10-21(25)28(22-11-5-8-14-26(22)31)18-15-16-24-20(17-18)27(29)19-9-3-6-12-23(19)30-24/h3-17H,1-2H3. The van der Waals surface area contributed by atoms with E-state index in [1.807, 2.05) is 42.5 Å². The molecule has 3 nitrogen and oxygen atoms in total. The van der Waals surface area contributed by atoms with Crippen LogP contribution in [0.3, 0.4) is 0 Å². The Labute approximate surface area is 181 Å². The topological polar surface area (TPSA) is 33.5 Å². The van der Waals surface area contributed by atoms with E-state index in [0.717, 1.165) is 5.69 Å². The minimum absolute atomic E-state index is 0.00647. The lowest BCUT2D eigenvalue weighted by molar-refractivity contribution is 0.660. The van der Waals surface area contributed by atoms with Gasteiger partial charge >= 0.3 is 0 Å². The quantitative estimate of drug-likeness (QED) is 0.264. The Morgan fingerprint density at radius 1 is 0.677 bits per heavy atom. The van der Waals surface area contributed by atoms with Crippen molar-refractivity contribution in [2.45, 2.75) is 13.1 Å². The van der Waals surface area contributed by atoms with Crippen molar-refractivity contribution in [2.75, 3.05) is 4.90 Å². The van der Waals surface area contributed by atoms with Crippen molar-refractivity contribution in [2.24, 2.45) is 0 Å². The van der Waals surface area contributed by atoms with E-state index in [4.69, 9.17) is 4.42 Å². The summed E-state index contributed by atoms with van der Waals surface area (Å²) in [7, 11) is -1.83. The maximum Gasteiger partial charge on any atom is 0.200 e. The van der Waals surface area contributed by atoms with Crippen LogP contribution in [-0.4, -0.2) is 8.07 Å². The van der Waals surface area contributed by atoms with Crippen molar-refractivity contribution in [1.82, 2.24) is 0 Å². The molecule has 1 aliphatic rings. The molecule has 1 aromatic heterocycles. The third-order valence-corrected chi connectivity index (χ3v) is 9.99. The molecule has 0 saturated heterocycles. The van der Waals surface area contributed by atoms with Gasteiger partial charge < -0.3 is 9.32 Å². The molecule has 0 aliphatic carbocycles. The number of para-hydroxylation sites is 3. The molecule has 5 aromatic rings. The average molecular weight is 420 g/mol. The summed E-state index contributed by atoms with van der Waals surface area (Å²) in [4.78, 5) is 15.5. The summed E-state index contributed by atoms with van der Waals surface area (Å²) in [5.41, 5.74) is 4.60. The van der Waals surface area contributed by atoms with Crippen molar-refractivity contribution in [3.63, 3.8) is 0 Å². The van der Waals surface area contributed by atoms with Gasteiger partial charge in [-0.05, 0) is 52.8 Å². The second kappa shape index (κ2) is 6.43. The Balaban J connectivity index is 1.66. The van der Waals surface area contributed by atoms with Gasteiger partial charge in [0.25, 0.3) is 0 Å². The van der Waals surface area contributed by atoms with Crippen LogP contribution in [0.5, 0.6) is 0 Å². The van der Waals surface area contributed by atoms with Gasteiger partial charge in [0.05, 0.1) is 10.8 Å². The summed E-state index contributed by atoms with van der Waals surface area (Å²) in [5, 5.41) is 4.02. The van der Waals surface area contributed by atoms with E-state index in [1.165, 1.54) is 21.7 Å². The monoisotopic (exact) mass is 419 g/mol. The van der Waals surface area contributed by atoms with Crippen molar-refractivity contribution >= 4 is 57.4 Å². The highest BCUT2D eigenvalue weighted by atomic mass is 28.3. The lowest BCUT2D eigenvalue weighted by atomic mass is 10.1. The summed E-state index contributed by atoms with van der Waals surface area (Å²) >= 11 is 0. The van der Waals surface area contributed by atoms with Gasteiger partial charge in [-0.25, -0.2) is 0 Å². The Morgan fingerprint density at radius 3 is 1.97 bits per heavy atom. The number of anilines is 3. The van der Waals surface area contributed by atoms with Gasteiger partial charge in [0.2, 0.25) is 5.43 Å². The van der Waals surface area contributed by atoms with Crippen LogP contribution in [0.1, 0.15) is 0 Å². The molecule has 0 saturated carbocycles. The largest absolute Gasteiger partial charge is 0.456 e. The molecule has 0 unspecified atom stereocenters. The van der Waals surface area contributed by atoms with E-state index in [-0.39, 0.29) is 5.43 Å². The van der Waals surface area contributed by atoms with E-state index in [9.17, 15) is 4.79 Å². The van der Waals surface area contributed by atoms with Gasteiger partial charge in [-0.15, -0.1) is 0 Å². The Morgan fingerprint density at radius 2 is 1.26 bits per heavy atom. The minimum atomic E-state index is -1.83. The maximum absolute atomic E-state index is 13.2. The number of benzene rings is 4. The first-order valence-electron chi connectivity index (χ1n) is 10.5. The highest BCUT2D eigenvalue weighted by Crippen LogP contribution is 2.38. The summed E-state index contributed by atoms with van der Waals surface area (Å²) in [6.45, 7) is 4.81. The average Bonchev–Trinajstić information content (AvgIpc) is 2.80. The molecule has 31 heavy (non-hydrogen) atoms. The zero-order chi connectivity index (χ0) is 21.2. The summed E-state index contributed by atoms with van der Waals surface area (Å²) in [5.74, 6) is 0. The normalized spacial score (nSPS) is 14.5. The van der Waals surface area contributed by atoms with Crippen molar-refractivity contribution in [1.29, 1.82) is 0 Å². The third kappa shape index (κ3) is 2.55. The predicted octanol–water partition coefficient (Wildman–Crippen LogP) is 5.55. The molecule has 0 radical (unpaired) electrons. The Hall–Kier alpha value is -3.63. The van der Waals surface area contributed by atoms with Crippen LogP contribution in [0.25, 0.3) is 21.9 Å². The molecule has 0 N–H and O–H groups in total. The molecule has 0 amide bonds. The van der Waals surface area contributed by atoms with Gasteiger partial charge in [0.15, 0.2) is 0 Å². The molecule has 0 bridgehead atoms.